The van der Waals surface area contributed by atoms with Gasteiger partial charge in [-0.3, -0.25) is 19.7 Å². The van der Waals surface area contributed by atoms with Gasteiger partial charge in [-0.15, -0.1) is 0 Å². The lowest BCUT2D eigenvalue weighted by Crippen LogP contribution is -2.29. The van der Waals surface area contributed by atoms with E-state index in [1.807, 2.05) is 0 Å². The molecule has 2 N–H and O–H groups in total. The second-order valence-corrected chi connectivity index (χ2v) is 3.79. The lowest BCUT2D eigenvalue weighted by molar-refractivity contribution is -0.385. The minimum Gasteiger partial charge on any atom is -0.359 e. The Morgan fingerprint density at radius 2 is 2.21 bits per heavy atom. The van der Waals surface area contributed by atoms with Crippen LogP contribution in [-0.2, 0) is 4.79 Å². The predicted octanol–water partition coefficient (Wildman–Crippen LogP) is 0.509. The van der Waals surface area contributed by atoms with Gasteiger partial charge in [0.05, 0.1) is 4.92 Å². The summed E-state index contributed by atoms with van der Waals surface area (Å²) in [6.07, 6.45) is 1.28. The second kappa shape index (κ2) is 6.64. The summed E-state index contributed by atoms with van der Waals surface area (Å²) in [5, 5.41) is 15.2. The molecule has 9 heteroatoms. The first kappa shape index (κ1) is 14.8. The van der Waals surface area contributed by atoms with Gasteiger partial charge in [0.1, 0.15) is 5.56 Å². The monoisotopic (exact) mass is 286 g/mol. The van der Waals surface area contributed by atoms with Crippen LogP contribution in [-0.4, -0.2) is 35.3 Å². The maximum absolute atomic E-state index is 11.8. The highest BCUT2D eigenvalue weighted by molar-refractivity contribution is 6.32. The van der Waals surface area contributed by atoms with Gasteiger partial charge in [-0.05, 0) is 6.07 Å². The summed E-state index contributed by atoms with van der Waals surface area (Å²) in [6.45, 7) is 0.0651. The van der Waals surface area contributed by atoms with E-state index >= 15 is 0 Å². The van der Waals surface area contributed by atoms with Crippen molar-refractivity contribution in [1.82, 2.24) is 15.6 Å². The van der Waals surface area contributed by atoms with E-state index in [9.17, 15) is 19.7 Å². The molecule has 0 radical (unpaired) electrons. The first-order chi connectivity index (χ1) is 8.97. The lowest BCUT2D eigenvalue weighted by atomic mass is 10.2. The summed E-state index contributed by atoms with van der Waals surface area (Å²) < 4.78 is 0. The highest BCUT2D eigenvalue weighted by Crippen LogP contribution is 2.25. The molecule has 0 saturated heterocycles. The number of carbonyl (C=O) groups excluding carboxylic acids is 2. The molecule has 0 bridgehead atoms. The molecule has 1 heterocycles. The van der Waals surface area contributed by atoms with Crippen molar-refractivity contribution in [2.75, 3.05) is 13.6 Å². The fraction of sp³-hybridized carbons (Fsp3) is 0.300. The van der Waals surface area contributed by atoms with Crippen molar-refractivity contribution in [3.63, 3.8) is 0 Å². The first-order valence-electron chi connectivity index (χ1n) is 5.25. The number of halogens is 1. The SMILES string of the molecule is CNC(=O)CCNC(=O)c1ccnc(Cl)c1[N+](=O)[O-]. The average molecular weight is 287 g/mol. The molecule has 102 valence electrons. The summed E-state index contributed by atoms with van der Waals surface area (Å²) in [5.41, 5.74) is -0.747. The summed E-state index contributed by atoms with van der Waals surface area (Å²) >= 11 is 5.58. The molecule has 0 saturated carbocycles. The normalized spacial score (nSPS) is 9.79. The topological polar surface area (TPSA) is 114 Å². The van der Waals surface area contributed by atoms with Crippen molar-refractivity contribution in [3.8, 4) is 0 Å². The van der Waals surface area contributed by atoms with Gasteiger partial charge in [0.15, 0.2) is 0 Å². The quantitative estimate of drug-likeness (QED) is 0.465. The number of rotatable bonds is 5. The third kappa shape index (κ3) is 3.88. The molecule has 0 spiro atoms. The summed E-state index contributed by atoms with van der Waals surface area (Å²) in [5.74, 6) is -0.928. The molecule has 0 fully saturated rings. The van der Waals surface area contributed by atoms with Gasteiger partial charge in [-0.2, -0.15) is 0 Å². The van der Waals surface area contributed by atoms with Gasteiger partial charge in [0.25, 0.3) is 5.91 Å². The molecule has 0 aliphatic heterocycles. The maximum Gasteiger partial charge on any atom is 0.319 e. The lowest BCUT2D eigenvalue weighted by Gasteiger charge is -2.05. The molecule has 1 aromatic heterocycles. The predicted molar refractivity (Wildman–Crippen MR) is 66.9 cm³/mol. The Balaban J connectivity index is 2.80. The van der Waals surface area contributed by atoms with Crippen LogP contribution in [0.1, 0.15) is 16.8 Å². The zero-order valence-electron chi connectivity index (χ0n) is 9.97. The van der Waals surface area contributed by atoms with Gasteiger partial charge < -0.3 is 10.6 Å². The molecule has 2 amide bonds. The van der Waals surface area contributed by atoms with Gasteiger partial charge >= 0.3 is 5.69 Å². The Bertz CT molecular complexity index is 520. The molecule has 1 aromatic rings. The fourth-order valence-corrected chi connectivity index (χ4v) is 1.52. The van der Waals surface area contributed by atoms with Crippen molar-refractivity contribution in [2.45, 2.75) is 6.42 Å². The molecule has 0 aromatic carbocycles. The molecular weight excluding hydrogens is 276 g/mol. The van der Waals surface area contributed by atoms with Gasteiger partial charge in [-0.1, -0.05) is 11.6 Å². The van der Waals surface area contributed by atoms with E-state index in [0.29, 0.717) is 0 Å². The molecule has 0 aliphatic rings. The summed E-state index contributed by atoms with van der Waals surface area (Å²) in [7, 11) is 1.47. The number of nitrogens with zero attached hydrogens (tertiary/aromatic N) is 2. The first-order valence-corrected chi connectivity index (χ1v) is 5.62. The molecule has 19 heavy (non-hydrogen) atoms. The second-order valence-electron chi connectivity index (χ2n) is 3.43. The third-order valence-electron chi connectivity index (χ3n) is 2.22. The van der Waals surface area contributed by atoms with Crippen LogP contribution in [0.5, 0.6) is 0 Å². The number of carbonyl (C=O) groups is 2. The van der Waals surface area contributed by atoms with Crippen molar-refractivity contribution < 1.29 is 14.5 Å². The highest BCUT2D eigenvalue weighted by atomic mass is 35.5. The van der Waals surface area contributed by atoms with E-state index in [1.165, 1.54) is 19.3 Å². The Hall–Kier alpha value is -2.22. The molecule has 0 unspecified atom stereocenters. The third-order valence-corrected chi connectivity index (χ3v) is 2.50. The molecule has 0 atom stereocenters. The Kier molecular flexibility index (Phi) is 5.19. The van der Waals surface area contributed by atoms with Gasteiger partial charge in [0.2, 0.25) is 11.1 Å². The Morgan fingerprint density at radius 3 is 2.79 bits per heavy atom. The Morgan fingerprint density at radius 1 is 1.53 bits per heavy atom. The standard InChI is InChI=1S/C10H11ClN4O4/c1-12-7(16)3-5-14-10(17)6-2-4-13-9(11)8(6)15(18)19/h2,4H,3,5H2,1H3,(H,12,16)(H,14,17). The fourth-order valence-electron chi connectivity index (χ4n) is 1.30. The number of pyridine rings is 1. The molecule has 1 rings (SSSR count). The highest BCUT2D eigenvalue weighted by Gasteiger charge is 2.24. The minimum atomic E-state index is -0.775. The average Bonchev–Trinajstić information content (AvgIpc) is 2.37. The number of hydrogen-bond acceptors (Lipinski definition) is 5. The zero-order chi connectivity index (χ0) is 14.4. The number of nitrogens with one attached hydrogen (secondary N) is 2. The van der Waals surface area contributed by atoms with E-state index in [0.717, 1.165) is 0 Å². The molecular formula is C10H11ClN4O4. The summed E-state index contributed by atoms with van der Waals surface area (Å²) in [4.78, 5) is 36.3. The van der Waals surface area contributed by atoms with Gasteiger partial charge in [-0.25, -0.2) is 4.98 Å². The number of hydrogen-bond donors (Lipinski definition) is 2. The maximum atomic E-state index is 11.8. The van der Waals surface area contributed by atoms with Crippen molar-refractivity contribution in [3.05, 3.63) is 33.1 Å². The van der Waals surface area contributed by atoms with Crippen LogP contribution in [0.3, 0.4) is 0 Å². The van der Waals surface area contributed by atoms with Crippen LogP contribution in [0.4, 0.5) is 5.69 Å². The summed E-state index contributed by atoms with van der Waals surface area (Å²) in [6, 6.07) is 1.19. The van der Waals surface area contributed by atoms with Crippen LogP contribution in [0.25, 0.3) is 0 Å². The van der Waals surface area contributed by atoms with E-state index in [-0.39, 0.29) is 29.6 Å². The number of nitro groups is 1. The van der Waals surface area contributed by atoms with E-state index in [1.54, 1.807) is 0 Å². The van der Waals surface area contributed by atoms with Crippen LogP contribution >= 0.6 is 11.6 Å². The molecule has 8 nitrogen and oxygen atoms in total. The van der Waals surface area contributed by atoms with Crippen LogP contribution in [0.2, 0.25) is 5.15 Å². The number of amides is 2. The smallest absolute Gasteiger partial charge is 0.319 e. The van der Waals surface area contributed by atoms with E-state index in [4.69, 9.17) is 11.6 Å². The van der Waals surface area contributed by atoms with Crippen molar-refractivity contribution in [1.29, 1.82) is 0 Å². The number of aromatic nitrogens is 1. The van der Waals surface area contributed by atoms with Gasteiger partial charge in [0, 0.05) is 26.2 Å². The van der Waals surface area contributed by atoms with E-state index < -0.39 is 16.5 Å². The largest absolute Gasteiger partial charge is 0.359 e. The Labute approximate surface area is 113 Å². The van der Waals surface area contributed by atoms with Crippen LogP contribution < -0.4 is 10.6 Å². The zero-order valence-corrected chi connectivity index (χ0v) is 10.7. The van der Waals surface area contributed by atoms with Crippen molar-refractivity contribution >= 4 is 29.1 Å². The van der Waals surface area contributed by atoms with E-state index in [2.05, 4.69) is 15.6 Å². The van der Waals surface area contributed by atoms with Crippen LogP contribution in [0, 0.1) is 10.1 Å². The minimum absolute atomic E-state index is 0.0651. The van der Waals surface area contributed by atoms with Crippen LogP contribution in [0.15, 0.2) is 12.3 Å². The van der Waals surface area contributed by atoms with Crippen molar-refractivity contribution in [2.24, 2.45) is 0 Å². The molecule has 0 aliphatic carbocycles.